The molecule has 1 atom stereocenters. The summed E-state index contributed by atoms with van der Waals surface area (Å²) in [5.74, 6) is 0. The van der Waals surface area contributed by atoms with E-state index in [0.717, 1.165) is 26.2 Å². The van der Waals surface area contributed by atoms with Crippen molar-refractivity contribution in [1.29, 1.82) is 0 Å². The maximum atomic E-state index is 3.41. The lowest BCUT2D eigenvalue weighted by atomic mass is 10.2. The van der Waals surface area contributed by atoms with E-state index in [1.54, 1.807) is 0 Å². The van der Waals surface area contributed by atoms with Crippen LogP contribution in [-0.2, 0) is 0 Å². The van der Waals surface area contributed by atoms with Gasteiger partial charge in [-0.15, -0.1) is 0 Å². The predicted octanol–water partition coefficient (Wildman–Crippen LogP) is 0.195. The van der Waals surface area contributed by atoms with Crippen LogP contribution in [-0.4, -0.2) is 37.2 Å². The van der Waals surface area contributed by atoms with Crippen molar-refractivity contribution in [1.82, 2.24) is 15.8 Å². The fourth-order valence-electron chi connectivity index (χ4n) is 1.33. The molecule has 1 rings (SSSR count). The number of hydrogen-bond acceptors (Lipinski definition) is 3. The highest BCUT2D eigenvalue weighted by molar-refractivity contribution is 4.72. The Morgan fingerprint density at radius 1 is 1.64 bits per heavy atom. The van der Waals surface area contributed by atoms with Crippen molar-refractivity contribution < 1.29 is 0 Å². The monoisotopic (exact) mass is 157 g/mol. The van der Waals surface area contributed by atoms with E-state index in [-0.39, 0.29) is 0 Å². The first-order valence-corrected chi connectivity index (χ1v) is 4.55. The summed E-state index contributed by atoms with van der Waals surface area (Å²) in [6.07, 6.45) is 1.21. The fourth-order valence-corrected chi connectivity index (χ4v) is 1.33. The van der Waals surface area contributed by atoms with Gasteiger partial charge in [-0.25, -0.2) is 5.01 Å². The number of piperazine rings is 1. The minimum atomic E-state index is 0.635. The quantitative estimate of drug-likeness (QED) is 0.612. The highest BCUT2D eigenvalue weighted by Gasteiger charge is 2.15. The van der Waals surface area contributed by atoms with Gasteiger partial charge in [0.1, 0.15) is 0 Å². The number of hydrogen-bond donors (Lipinski definition) is 2. The molecule has 0 amide bonds. The van der Waals surface area contributed by atoms with Gasteiger partial charge in [0.25, 0.3) is 0 Å². The van der Waals surface area contributed by atoms with E-state index in [4.69, 9.17) is 0 Å². The van der Waals surface area contributed by atoms with Gasteiger partial charge >= 0.3 is 0 Å². The van der Waals surface area contributed by atoms with Crippen LogP contribution in [0.25, 0.3) is 0 Å². The molecule has 0 bridgehead atoms. The molecule has 1 aliphatic rings. The van der Waals surface area contributed by atoms with Gasteiger partial charge in [-0.05, 0) is 13.3 Å². The average Bonchev–Trinajstić information content (AvgIpc) is 2.03. The zero-order chi connectivity index (χ0) is 8.10. The fraction of sp³-hybridized carbons (Fsp3) is 1.00. The Morgan fingerprint density at radius 2 is 2.45 bits per heavy atom. The summed E-state index contributed by atoms with van der Waals surface area (Å²) in [4.78, 5) is 0. The standard InChI is InChI=1S/C8H19N3/c1-3-4-10-11-6-5-9-7-8(11)2/h8-10H,3-7H2,1-2H3. The van der Waals surface area contributed by atoms with Crippen molar-refractivity contribution >= 4 is 0 Å². The van der Waals surface area contributed by atoms with Crippen molar-refractivity contribution in [2.24, 2.45) is 0 Å². The summed E-state index contributed by atoms with van der Waals surface area (Å²) in [5.41, 5.74) is 3.41. The van der Waals surface area contributed by atoms with Crippen LogP contribution in [0.5, 0.6) is 0 Å². The zero-order valence-corrected chi connectivity index (χ0v) is 7.56. The molecule has 0 aromatic rings. The highest BCUT2D eigenvalue weighted by Crippen LogP contribution is 1.97. The minimum absolute atomic E-state index is 0.635. The Morgan fingerprint density at radius 3 is 3.09 bits per heavy atom. The van der Waals surface area contributed by atoms with E-state index in [1.165, 1.54) is 6.42 Å². The zero-order valence-electron chi connectivity index (χ0n) is 7.56. The molecule has 1 unspecified atom stereocenters. The van der Waals surface area contributed by atoms with Gasteiger partial charge in [-0.1, -0.05) is 6.92 Å². The largest absolute Gasteiger partial charge is 0.314 e. The maximum absolute atomic E-state index is 3.41. The highest BCUT2D eigenvalue weighted by atomic mass is 15.5. The van der Waals surface area contributed by atoms with Crippen molar-refractivity contribution in [3.8, 4) is 0 Å². The van der Waals surface area contributed by atoms with Crippen LogP contribution in [0.3, 0.4) is 0 Å². The first-order valence-electron chi connectivity index (χ1n) is 4.55. The Balaban J connectivity index is 2.18. The summed E-state index contributed by atoms with van der Waals surface area (Å²) in [7, 11) is 0. The topological polar surface area (TPSA) is 27.3 Å². The second-order valence-corrected chi connectivity index (χ2v) is 3.15. The summed E-state index contributed by atoms with van der Waals surface area (Å²) in [5, 5.41) is 5.69. The van der Waals surface area contributed by atoms with Crippen molar-refractivity contribution in [3.63, 3.8) is 0 Å². The summed E-state index contributed by atoms with van der Waals surface area (Å²) < 4.78 is 0. The SMILES string of the molecule is CCCNN1CCNCC1C. The second-order valence-electron chi connectivity index (χ2n) is 3.15. The van der Waals surface area contributed by atoms with E-state index < -0.39 is 0 Å². The first-order chi connectivity index (χ1) is 5.34. The molecular weight excluding hydrogens is 138 g/mol. The van der Waals surface area contributed by atoms with Crippen LogP contribution in [0.1, 0.15) is 20.3 Å². The molecule has 0 aliphatic carbocycles. The molecule has 66 valence electrons. The van der Waals surface area contributed by atoms with Crippen LogP contribution < -0.4 is 10.7 Å². The molecule has 0 spiro atoms. The van der Waals surface area contributed by atoms with Crippen molar-refractivity contribution in [2.75, 3.05) is 26.2 Å². The van der Waals surface area contributed by atoms with Crippen LogP contribution in [0.15, 0.2) is 0 Å². The molecule has 0 saturated carbocycles. The van der Waals surface area contributed by atoms with Gasteiger partial charge in [-0.3, -0.25) is 5.43 Å². The van der Waals surface area contributed by atoms with Gasteiger partial charge in [0.05, 0.1) is 0 Å². The lowest BCUT2D eigenvalue weighted by molar-refractivity contribution is 0.108. The van der Waals surface area contributed by atoms with Gasteiger partial charge < -0.3 is 5.32 Å². The van der Waals surface area contributed by atoms with E-state index in [2.05, 4.69) is 29.6 Å². The molecule has 1 aliphatic heterocycles. The van der Waals surface area contributed by atoms with E-state index in [0.29, 0.717) is 6.04 Å². The summed E-state index contributed by atoms with van der Waals surface area (Å²) in [6, 6.07) is 0.635. The second kappa shape index (κ2) is 4.70. The molecule has 1 heterocycles. The molecule has 0 aromatic heterocycles. The first kappa shape index (κ1) is 8.97. The third kappa shape index (κ3) is 2.77. The lowest BCUT2D eigenvalue weighted by Crippen LogP contribution is -2.55. The average molecular weight is 157 g/mol. The predicted molar refractivity (Wildman–Crippen MR) is 47.3 cm³/mol. The lowest BCUT2D eigenvalue weighted by Gasteiger charge is -2.34. The van der Waals surface area contributed by atoms with Crippen molar-refractivity contribution in [3.05, 3.63) is 0 Å². The van der Waals surface area contributed by atoms with E-state index in [1.807, 2.05) is 0 Å². The van der Waals surface area contributed by atoms with Crippen LogP contribution in [0.4, 0.5) is 0 Å². The molecule has 3 nitrogen and oxygen atoms in total. The Bertz CT molecular complexity index is 106. The molecule has 11 heavy (non-hydrogen) atoms. The van der Waals surface area contributed by atoms with Gasteiger partial charge in [0.2, 0.25) is 0 Å². The molecular formula is C8H19N3. The van der Waals surface area contributed by atoms with Crippen LogP contribution in [0.2, 0.25) is 0 Å². The molecule has 2 N–H and O–H groups in total. The molecule has 0 radical (unpaired) electrons. The molecule has 1 saturated heterocycles. The Kier molecular flexibility index (Phi) is 3.83. The van der Waals surface area contributed by atoms with Gasteiger partial charge in [-0.2, -0.15) is 0 Å². The molecule has 1 fully saturated rings. The normalized spacial score (nSPS) is 27.3. The van der Waals surface area contributed by atoms with Crippen molar-refractivity contribution in [2.45, 2.75) is 26.3 Å². The number of nitrogens with zero attached hydrogens (tertiary/aromatic N) is 1. The van der Waals surface area contributed by atoms with Gasteiger partial charge in [0.15, 0.2) is 0 Å². The third-order valence-electron chi connectivity index (χ3n) is 2.07. The minimum Gasteiger partial charge on any atom is -0.314 e. The van der Waals surface area contributed by atoms with Crippen LogP contribution >= 0.6 is 0 Å². The number of rotatable bonds is 3. The number of nitrogens with one attached hydrogen (secondary N) is 2. The Hall–Kier alpha value is -0.120. The summed E-state index contributed by atoms with van der Waals surface area (Å²) in [6.45, 7) is 8.89. The smallest absolute Gasteiger partial charge is 0.0340 e. The molecule has 3 heteroatoms. The van der Waals surface area contributed by atoms with Crippen LogP contribution in [0, 0.1) is 0 Å². The van der Waals surface area contributed by atoms with E-state index >= 15 is 0 Å². The molecule has 0 aromatic carbocycles. The third-order valence-corrected chi connectivity index (χ3v) is 2.07. The maximum Gasteiger partial charge on any atom is 0.0340 e. The van der Waals surface area contributed by atoms with E-state index in [9.17, 15) is 0 Å². The summed E-state index contributed by atoms with van der Waals surface area (Å²) >= 11 is 0. The number of hydrazine groups is 1. The Labute approximate surface area is 69.1 Å². The van der Waals surface area contributed by atoms with Gasteiger partial charge in [0, 0.05) is 32.2 Å².